The van der Waals surface area contributed by atoms with Crippen LogP contribution in [0.25, 0.3) is 0 Å². The first kappa shape index (κ1) is 14.6. The fourth-order valence-corrected chi connectivity index (χ4v) is 5.80. The zero-order valence-corrected chi connectivity index (χ0v) is 13.2. The number of nitrogens with zero attached hydrogens (tertiary/aromatic N) is 2. The summed E-state index contributed by atoms with van der Waals surface area (Å²) in [6, 6.07) is -0.0253. The standard InChI is InChI=1S/C12H20ClN3S2/c1-3-9-12(18-6-5-17-9)10(14)11-8(13)7-15-16(11)4-2/h7,9-10,12H,3-6,14H2,1-2H3. The van der Waals surface area contributed by atoms with Crippen molar-refractivity contribution in [3.05, 3.63) is 16.9 Å². The first-order valence-electron chi connectivity index (χ1n) is 6.39. The summed E-state index contributed by atoms with van der Waals surface area (Å²) in [6.07, 6.45) is 2.87. The number of rotatable bonds is 4. The molecule has 2 rings (SSSR count). The van der Waals surface area contributed by atoms with Gasteiger partial charge in [0.05, 0.1) is 23.0 Å². The van der Waals surface area contributed by atoms with Crippen LogP contribution in [0.15, 0.2) is 6.20 Å². The van der Waals surface area contributed by atoms with E-state index >= 15 is 0 Å². The second-order valence-electron chi connectivity index (χ2n) is 4.37. The Balaban J connectivity index is 2.23. The number of hydrogen-bond acceptors (Lipinski definition) is 4. The van der Waals surface area contributed by atoms with Crippen LogP contribution in [0.1, 0.15) is 32.0 Å². The molecule has 0 aliphatic carbocycles. The Morgan fingerprint density at radius 3 is 2.89 bits per heavy atom. The summed E-state index contributed by atoms with van der Waals surface area (Å²) >= 11 is 10.3. The lowest BCUT2D eigenvalue weighted by Crippen LogP contribution is -2.36. The van der Waals surface area contributed by atoms with Crippen molar-refractivity contribution < 1.29 is 0 Å². The van der Waals surface area contributed by atoms with Crippen LogP contribution in [0, 0.1) is 0 Å². The van der Waals surface area contributed by atoms with E-state index in [-0.39, 0.29) is 6.04 Å². The SMILES string of the molecule is CCC1SCCSC1C(N)c1c(Cl)cnn1CC. The minimum absolute atomic E-state index is 0.0253. The molecule has 0 radical (unpaired) electrons. The highest BCUT2D eigenvalue weighted by atomic mass is 35.5. The van der Waals surface area contributed by atoms with Gasteiger partial charge in [-0.25, -0.2) is 0 Å². The Morgan fingerprint density at radius 1 is 1.50 bits per heavy atom. The summed E-state index contributed by atoms with van der Waals surface area (Å²) in [5.41, 5.74) is 7.48. The van der Waals surface area contributed by atoms with Crippen LogP contribution >= 0.6 is 35.1 Å². The second kappa shape index (κ2) is 6.55. The first-order valence-corrected chi connectivity index (χ1v) is 8.86. The summed E-state index contributed by atoms with van der Waals surface area (Å²) < 4.78 is 1.93. The van der Waals surface area contributed by atoms with Crippen molar-refractivity contribution in [3.8, 4) is 0 Å². The normalized spacial score (nSPS) is 26.2. The van der Waals surface area contributed by atoms with E-state index in [9.17, 15) is 0 Å². The molecular weight excluding hydrogens is 286 g/mol. The first-order chi connectivity index (χ1) is 8.69. The lowest BCUT2D eigenvalue weighted by molar-refractivity contribution is 0.544. The largest absolute Gasteiger partial charge is 0.322 e. The van der Waals surface area contributed by atoms with Crippen molar-refractivity contribution in [2.45, 2.75) is 43.4 Å². The minimum Gasteiger partial charge on any atom is -0.322 e. The van der Waals surface area contributed by atoms with Gasteiger partial charge in [-0.05, 0) is 13.3 Å². The third-order valence-electron chi connectivity index (χ3n) is 3.30. The molecule has 1 aliphatic heterocycles. The second-order valence-corrected chi connectivity index (χ2v) is 7.41. The quantitative estimate of drug-likeness (QED) is 0.928. The van der Waals surface area contributed by atoms with E-state index in [0.29, 0.717) is 15.5 Å². The summed E-state index contributed by atoms with van der Waals surface area (Å²) in [4.78, 5) is 0. The maximum absolute atomic E-state index is 6.48. The highest BCUT2D eigenvalue weighted by Crippen LogP contribution is 2.40. The van der Waals surface area contributed by atoms with Gasteiger partial charge in [0.15, 0.2) is 0 Å². The molecule has 18 heavy (non-hydrogen) atoms. The summed E-state index contributed by atoms with van der Waals surface area (Å²) in [5.74, 6) is 2.41. The monoisotopic (exact) mass is 305 g/mol. The summed E-state index contributed by atoms with van der Waals surface area (Å²) in [7, 11) is 0. The molecule has 3 atom stereocenters. The third kappa shape index (κ3) is 2.84. The number of aromatic nitrogens is 2. The molecule has 1 fully saturated rings. The van der Waals surface area contributed by atoms with Crippen LogP contribution in [-0.2, 0) is 6.54 Å². The topological polar surface area (TPSA) is 43.8 Å². The summed E-state index contributed by atoms with van der Waals surface area (Å²) in [5, 5.41) is 6.05. The molecule has 1 aliphatic rings. The van der Waals surface area contributed by atoms with Crippen molar-refractivity contribution in [2.75, 3.05) is 11.5 Å². The van der Waals surface area contributed by atoms with Gasteiger partial charge in [0, 0.05) is 28.6 Å². The fraction of sp³-hybridized carbons (Fsp3) is 0.750. The number of nitrogens with two attached hydrogens (primary N) is 1. The molecular formula is C12H20ClN3S2. The minimum atomic E-state index is -0.0253. The van der Waals surface area contributed by atoms with E-state index in [1.165, 1.54) is 11.5 Å². The smallest absolute Gasteiger partial charge is 0.0834 e. The Bertz CT molecular complexity index is 397. The van der Waals surface area contributed by atoms with Crippen LogP contribution in [0.5, 0.6) is 0 Å². The van der Waals surface area contributed by atoms with Gasteiger partial charge in [-0.15, -0.1) is 0 Å². The molecule has 3 unspecified atom stereocenters. The number of aryl methyl sites for hydroxylation is 1. The molecule has 0 aromatic carbocycles. The van der Waals surface area contributed by atoms with E-state index in [1.807, 2.05) is 28.2 Å². The molecule has 2 N–H and O–H groups in total. The Hall–Kier alpha value is 0.160. The average molecular weight is 306 g/mol. The maximum atomic E-state index is 6.48. The van der Waals surface area contributed by atoms with E-state index in [4.69, 9.17) is 17.3 Å². The molecule has 102 valence electrons. The molecule has 0 spiro atoms. The van der Waals surface area contributed by atoms with Gasteiger partial charge in [-0.2, -0.15) is 28.6 Å². The Labute approximate surface area is 122 Å². The van der Waals surface area contributed by atoms with E-state index < -0.39 is 0 Å². The molecule has 0 amide bonds. The zero-order chi connectivity index (χ0) is 13.1. The van der Waals surface area contributed by atoms with Crippen molar-refractivity contribution in [3.63, 3.8) is 0 Å². The van der Waals surface area contributed by atoms with Crippen molar-refractivity contribution in [1.82, 2.24) is 9.78 Å². The molecule has 2 heterocycles. The van der Waals surface area contributed by atoms with Gasteiger partial charge in [-0.3, -0.25) is 4.68 Å². The van der Waals surface area contributed by atoms with Gasteiger partial charge in [0.1, 0.15) is 0 Å². The number of hydrogen-bond donors (Lipinski definition) is 1. The zero-order valence-electron chi connectivity index (χ0n) is 10.8. The van der Waals surface area contributed by atoms with Crippen LogP contribution in [0.2, 0.25) is 5.02 Å². The Kier molecular flexibility index (Phi) is 5.30. The number of thioether (sulfide) groups is 2. The van der Waals surface area contributed by atoms with E-state index in [0.717, 1.165) is 18.7 Å². The molecule has 0 saturated carbocycles. The van der Waals surface area contributed by atoms with Crippen LogP contribution < -0.4 is 5.73 Å². The lowest BCUT2D eigenvalue weighted by atomic mass is 10.1. The van der Waals surface area contributed by atoms with Crippen molar-refractivity contribution in [1.29, 1.82) is 0 Å². The molecule has 1 saturated heterocycles. The number of halogens is 1. The fourth-order valence-electron chi connectivity index (χ4n) is 2.38. The Morgan fingerprint density at radius 2 is 2.22 bits per heavy atom. The predicted molar refractivity (Wildman–Crippen MR) is 82.6 cm³/mol. The molecule has 3 nitrogen and oxygen atoms in total. The average Bonchev–Trinajstić information content (AvgIpc) is 2.79. The summed E-state index contributed by atoms with van der Waals surface area (Å²) in [6.45, 7) is 5.12. The van der Waals surface area contributed by atoms with Gasteiger partial charge in [-0.1, -0.05) is 18.5 Å². The highest BCUT2D eigenvalue weighted by molar-refractivity contribution is 8.07. The molecule has 1 aromatic heterocycles. The van der Waals surface area contributed by atoms with E-state index in [1.54, 1.807) is 6.20 Å². The van der Waals surface area contributed by atoms with Crippen molar-refractivity contribution in [2.24, 2.45) is 5.73 Å². The highest BCUT2D eigenvalue weighted by Gasteiger charge is 2.33. The van der Waals surface area contributed by atoms with Crippen LogP contribution in [0.4, 0.5) is 0 Å². The van der Waals surface area contributed by atoms with Gasteiger partial charge < -0.3 is 5.73 Å². The molecule has 1 aromatic rings. The van der Waals surface area contributed by atoms with Crippen molar-refractivity contribution >= 4 is 35.1 Å². The third-order valence-corrected chi connectivity index (χ3v) is 6.96. The lowest BCUT2D eigenvalue weighted by Gasteiger charge is -2.34. The molecule has 6 heteroatoms. The van der Waals surface area contributed by atoms with E-state index in [2.05, 4.69) is 18.9 Å². The van der Waals surface area contributed by atoms with Gasteiger partial charge >= 0.3 is 0 Å². The predicted octanol–water partition coefficient (Wildman–Crippen LogP) is 3.18. The van der Waals surface area contributed by atoms with Crippen LogP contribution in [0.3, 0.4) is 0 Å². The van der Waals surface area contributed by atoms with Crippen LogP contribution in [-0.4, -0.2) is 31.8 Å². The maximum Gasteiger partial charge on any atom is 0.0834 e. The van der Waals surface area contributed by atoms with Gasteiger partial charge in [0.25, 0.3) is 0 Å². The molecule has 0 bridgehead atoms. The van der Waals surface area contributed by atoms with Gasteiger partial charge in [0.2, 0.25) is 0 Å².